The molecule has 0 saturated heterocycles. The molecule has 0 aliphatic heterocycles. The summed E-state index contributed by atoms with van der Waals surface area (Å²) in [6.07, 6.45) is 6.58. The monoisotopic (exact) mass is 369 g/mol. The second-order valence-electron chi connectivity index (χ2n) is 6.48. The Balaban J connectivity index is 1.59. The molecule has 4 rings (SSSR count). The fourth-order valence-corrected chi connectivity index (χ4v) is 3.24. The first kappa shape index (κ1) is 17.6. The highest BCUT2D eigenvalue weighted by atomic mass is 16.2. The average molecular weight is 369 g/mol. The smallest absolute Gasteiger partial charge is 0.272 e. The molecule has 0 atom stereocenters. The summed E-state index contributed by atoms with van der Waals surface area (Å²) < 4.78 is 2.16. The molecule has 1 amide bonds. The normalized spacial score (nSPS) is 11.2. The number of rotatable bonds is 4. The van der Waals surface area contributed by atoms with Crippen molar-refractivity contribution in [2.24, 2.45) is 5.10 Å². The van der Waals surface area contributed by atoms with Gasteiger partial charge in [-0.05, 0) is 56.3 Å². The Morgan fingerprint density at radius 3 is 2.79 bits per heavy atom. The maximum atomic E-state index is 12.1. The van der Waals surface area contributed by atoms with E-state index in [1.807, 2.05) is 32.0 Å². The number of nitrogens with one attached hydrogen (secondary N) is 1. The molecular formula is C22H19N5O. The van der Waals surface area contributed by atoms with Crippen LogP contribution in [0.5, 0.6) is 0 Å². The lowest BCUT2D eigenvalue weighted by molar-refractivity contribution is 0.0955. The molecule has 3 heterocycles. The van der Waals surface area contributed by atoms with Gasteiger partial charge in [-0.2, -0.15) is 5.10 Å². The maximum absolute atomic E-state index is 12.1. The summed E-state index contributed by atoms with van der Waals surface area (Å²) >= 11 is 0. The zero-order chi connectivity index (χ0) is 19.5. The fraction of sp³-hybridized carbons (Fsp3) is 0.0909. The van der Waals surface area contributed by atoms with Gasteiger partial charge in [-0.25, -0.2) is 5.43 Å². The number of carbonyl (C=O) groups excluding carboxylic acids is 1. The third kappa shape index (κ3) is 3.40. The molecule has 0 spiro atoms. The summed E-state index contributed by atoms with van der Waals surface area (Å²) in [6, 6.07) is 15.6. The van der Waals surface area contributed by atoms with Crippen LogP contribution in [-0.2, 0) is 0 Å². The SMILES string of the molecule is Cc1cc(C=NNC(=O)c2cccnc2)c(C)n1-c1ccc2ncccc2c1. The summed E-state index contributed by atoms with van der Waals surface area (Å²) in [5.74, 6) is -0.291. The van der Waals surface area contributed by atoms with Crippen molar-refractivity contribution in [2.75, 3.05) is 0 Å². The van der Waals surface area contributed by atoms with Gasteiger partial charge >= 0.3 is 0 Å². The highest BCUT2D eigenvalue weighted by Crippen LogP contribution is 2.22. The molecule has 0 unspecified atom stereocenters. The van der Waals surface area contributed by atoms with Crippen molar-refractivity contribution in [3.05, 3.63) is 89.6 Å². The van der Waals surface area contributed by atoms with E-state index in [4.69, 9.17) is 0 Å². The van der Waals surface area contributed by atoms with Crippen molar-refractivity contribution in [2.45, 2.75) is 13.8 Å². The number of hydrogen-bond acceptors (Lipinski definition) is 4. The number of aromatic nitrogens is 3. The topological polar surface area (TPSA) is 72.2 Å². The highest BCUT2D eigenvalue weighted by Gasteiger charge is 2.10. The lowest BCUT2D eigenvalue weighted by Crippen LogP contribution is -2.17. The van der Waals surface area contributed by atoms with Crippen molar-refractivity contribution >= 4 is 23.0 Å². The Bertz CT molecular complexity index is 1180. The predicted molar refractivity (Wildman–Crippen MR) is 110 cm³/mol. The van der Waals surface area contributed by atoms with Crippen LogP contribution in [0.25, 0.3) is 16.6 Å². The van der Waals surface area contributed by atoms with Gasteiger partial charge in [0.05, 0.1) is 17.3 Å². The number of amides is 1. The standard InChI is InChI=1S/C22H19N5O/c1-15-11-19(14-25-26-22(28)18-6-3-9-23-13-18)16(2)27(15)20-7-8-21-17(12-20)5-4-10-24-21/h3-14H,1-2H3,(H,26,28). The maximum Gasteiger partial charge on any atom is 0.272 e. The predicted octanol–water partition coefficient (Wildman–Crippen LogP) is 3.80. The molecule has 0 radical (unpaired) electrons. The van der Waals surface area contributed by atoms with Crippen LogP contribution in [0, 0.1) is 13.8 Å². The van der Waals surface area contributed by atoms with E-state index in [-0.39, 0.29) is 5.91 Å². The molecule has 0 fully saturated rings. The molecule has 1 aromatic carbocycles. The van der Waals surface area contributed by atoms with E-state index in [0.717, 1.165) is 33.5 Å². The van der Waals surface area contributed by atoms with Crippen LogP contribution in [-0.4, -0.2) is 26.7 Å². The van der Waals surface area contributed by atoms with Gasteiger partial charge in [0, 0.05) is 46.6 Å². The van der Waals surface area contributed by atoms with Gasteiger partial charge in [0.1, 0.15) is 0 Å². The van der Waals surface area contributed by atoms with Gasteiger partial charge in [-0.1, -0.05) is 6.07 Å². The first-order chi connectivity index (χ1) is 13.6. The summed E-state index contributed by atoms with van der Waals surface area (Å²) in [5, 5.41) is 5.19. The van der Waals surface area contributed by atoms with Crippen LogP contribution >= 0.6 is 0 Å². The molecule has 0 saturated carbocycles. The summed E-state index contributed by atoms with van der Waals surface area (Å²) in [5.41, 5.74) is 8.10. The molecule has 138 valence electrons. The van der Waals surface area contributed by atoms with E-state index in [2.05, 4.69) is 43.3 Å². The molecule has 28 heavy (non-hydrogen) atoms. The van der Waals surface area contributed by atoms with Gasteiger partial charge in [-0.3, -0.25) is 14.8 Å². The van der Waals surface area contributed by atoms with Crippen molar-refractivity contribution < 1.29 is 4.79 Å². The molecule has 4 aromatic rings. The zero-order valence-electron chi connectivity index (χ0n) is 15.6. The Labute approximate surface area is 162 Å². The van der Waals surface area contributed by atoms with Crippen LogP contribution in [0.15, 0.2) is 72.2 Å². The van der Waals surface area contributed by atoms with Gasteiger partial charge in [-0.15, -0.1) is 0 Å². The number of benzene rings is 1. The molecule has 0 aliphatic carbocycles. The van der Waals surface area contributed by atoms with Crippen LogP contribution in [0.2, 0.25) is 0 Å². The number of nitrogens with zero attached hydrogens (tertiary/aromatic N) is 4. The van der Waals surface area contributed by atoms with Crippen molar-refractivity contribution in [1.29, 1.82) is 0 Å². The third-order valence-electron chi connectivity index (χ3n) is 4.61. The van der Waals surface area contributed by atoms with Gasteiger partial charge < -0.3 is 4.57 Å². The van der Waals surface area contributed by atoms with Gasteiger partial charge in [0.25, 0.3) is 5.91 Å². The lowest BCUT2D eigenvalue weighted by atomic mass is 10.2. The number of hydrazone groups is 1. The Hall–Kier alpha value is -3.80. The van der Waals surface area contributed by atoms with Crippen LogP contribution in [0.1, 0.15) is 27.3 Å². The molecule has 6 nitrogen and oxygen atoms in total. The lowest BCUT2D eigenvalue weighted by Gasteiger charge is -2.10. The number of aryl methyl sites for hydroxylation is 1. The zero-order valence-corrected chi connectivity index (χ0v) is 15.6. The minimum absolute atomic E-state index is 0.291. The van der Waals surface area contributed by atoms with Crippen LogP contribution < -0.4 is 5.43 Å². The molecular weight excluding hydrogens is 350 g/mol. The summed E-state index contributed by atoms with van der Waals surface area (Å²) in [4.78, 5) is 20.4. The Kier molecular flexibility index (Phi) is 4.68. The van der Waals surface area contributed by atoms with E-state index in [9.17, 15) is 4.79 Å². The van der Waals surface area contributed by atoms with Crippen LogP contribution in [0.4, 0.5) is 0 Å². The van der Waals surface area contributed by atoms with Gasteiger partial charge in [0.15, 0.2) is 0 Å². The van der Waals surface area contributed by atoms with Crippen molar-refractivity contribution in [3.63, 3.8) is 0 Å². The van der Waals surface area contributed by atoms with Crippen LogP contribution in [0.3, 0.4) is 0 Å². The minimum atomic E-state index is -0.291. The molecule has 6 heteroatoms. The van der Waals surface area contributed by atoms with E-state index >= 15 is 0 Å². The highest BCUT2D eigenvalue weighted by molar-refractivity contribution is 5.94. The Morgan fingerprint density at radius 1 is 1.11 bits per heavy atom. The largest absolute Gasteiger partial charge is 0.318 e. The number of hydrogen-bond donors (Lipinski definition) is 1. The van der Waals surface area contributed by atoms with E-state index in [0.29, 0.717) is 5.56 Å². The first-order valence-electron chi connectivity index (χ1n) is 8.91. The molecule has 1 N–H and O–H groups in total. The minimum Gasteiger partial charge on any atom is -0.318 e. The van der Waals surface area contributed by atoms with Crippen molar-refractivity contribution in [3.8, 4) is 5.69 Å². The number of pyridine rings is 2. The average Bonchev–Trinajstić information content (AvgIpc) is 3.01. The summed E-state index contributed by atoms with van der Waals surface area (Å²) in [7, 11) is 0. The number of carbonyl (C=O) groups is 1. The second-order valence-corrected chi connectivity index (χ2v) is 6.48. The molecule has 3 aromatic heterocycles. The van der Waals surface area contributed by atoms with E-state index < -0.39 is 0 Å². The third-order valence-corrected chi connectivity index (χ3v) is 4.61. The fourth-order valence-electron chi connectivity index (χ4n) is 3.24. The molecule has 0 aliphatic rings. The quantitative estimate of drug-likeness (QED) is 0.439. The van der Waals surface area contributed by atoms with Crippen molar-refractivity contribution in [1.82, 2.24) is 20.0 Å². The van der Waals surface area contributed by atoms with Gasteiger partial charge in [0.2, 0.25) is 0 Å². The molecule has 0 bridgehead atoms. The van der Waals surface area contributed by atoms with E-state index in [1.54, 1.807) is 30.7 Å². The second kappa shape index (κ2) is 7.44. The first-order valence-corrected chi connectivity index (χ1v) is 8.91. The number of fused-ring (bicyclic) bond motifs is 1. The summed E-state index contributed by atoms with van der Waals surface area (Å²) in [6.45, 7) is 4.08. The Morgan fingerprint density at radius 2 is 1.96 bits per heavy atom. The van der Waals surface area contributed by atoms with E-state index in [1.165, 1.54) is 6.20 Å².